The molecule has 3 heterocycles. The van der Waals surface area contributed by atoms with Crippen LogP contribution in [0.3, 0.4) is 0 Å². The van der Waals surface area contributed by atoms with Crippen LogP contribution in [0.25, 0.3) is 0 Å². The first kappa shape index (κ1) is 27.0. The molecule has 1 aliphatic heterocycles. The summed E-state index contributed by atoms with van der Waals surface area (Å²) in [7, 11) is 0. The third-order valence-electron chi connectivity index (χ3n) is 5.95. The summed E-state index contributed by atoms with van der Waals surface area (Å²) in [6.07, 6.45) is 0.640. The van der Waals surface area contributed by atoms with Crippen LogP contribution in [0.2, 0.25) is 0 Å². The Hall–Kier alpha value is -3.60. The number of carboxylic acids is 1. The Bertz CT molecular complexity index is 1120. The topological polar surface area (TPSA) is 117 Å². The molecule has 0 saturated carbocycles. The molecule has 1 aliphatic rings. The molecule has 11 heteroatoms. The zero-order chi connectivity index (χ0) is 26.3. The fraction of sp³-hybridized carbons (Fsp3) is 0.400. The van der Waals surface area contributed by atoms with Crippen molar-refractivity contribution < 1.29 is 27.8 Å². The van der Waals surface area contributed by atoms with Crippen molar-refractivity contribution >= 4 is 11.7 Å². The maximum Gasteiger partial charge on any atom is 0.490 e. The van der Waals surface area contributed by atoms with Gasteiger partial charge < -0.3 is 15.6 Å². The first-order valence-corrected chi connectivity index (χ1v) is 11.5. The normalized spacial score (nSPS) is 14.7. The molecule has 0 unspecified atom stereocenters. The Morgan fingerprint density at radius 2 is 1.86 bits per heavy atom. The maximum absolute atomic E-state index is 10.6. The van der Waals surface area contributed by atoms with Crippen LogP contribution in [0.4, 0.5) is 18.9 Å². The quantitative estimate of drug-likeness (QED) is 0.448. The van der Waals surface area contributed by atoms with Crippen LogP contribution in [0.15, 0.2) is 42.7 Å². The molecule has 0 bridgehead atoms. The maximum atomic E-state index is 10.6. The molecular formula is C25H30F3N5O3. The van der Waals surface area contributed by atoms with Gasteiger partial charge in [-0.2, -0.15) is 18.3 Å². The number of halogens is 3. The van der Waals surface area contributed by atoms with Crippen LogP contribution in [0.1, 0.15) is 46.8 Å². The number of ether oxygens (including phenoxy) is 1. The van der Waals surface area contributed by atoms with E-state index in [1.165, 1.54) is 16.7 Å². The van der Waals surface area contributed by atoms with Crippen molar-refractivity contribution in [3.05, 3.63) is 70.8 Å². The van der Waals surface area contributed by atoms with E-state index in [4.69, 9.17) is 20.4 Å². The van der Waals surface area contributed by atoms with Gasteiger partial charge in [0.1, 0.15) is 12.4 Å². The monoisotopic (exact) mass is 505 g/mol. The fourth-order valence-electron chi connectivity index (χ4n) is 4.26. The second-order valence-corrected chi connectivity index (χ2v) is 8.76. The van der Waals surface area contributed by atoms with Gasteiger partial charge in [-0.05, 0) is 68.6 Å². The standard InChI is InChI=1S/C23H29N5O.C2HF3O2/c1-16-11-18(12-17(2)23(16)29-15-20-5-3-4-8-25-20)14-28-9-6-19(7-10-28)22-21(24)13-26-27-22;3-2(4,5)1(6)7/h3-5,8,11-13,19H,6-7,9-10,14-15,24H2,1-2H3,(H,26,27);(H,6,7). The number of benzene rings is 1. The first-order chi connectivity index (χ1) is 17.0. The molecule has 4 N–H and O–H groups in total. The predicted molar refractivity (Wildman–Crippen MR) is 128 cm³/mol. The van der Waals surface area contributed by atoms with Crippen LogP contribution in [-0.4, -0.2) is 50.4 Å². The molecule has 1 saturated heterocycles. The molecule has 0 atom stereocenters. The highest BCUT2D eigenvalue weighted by Crippen LogP contribution is 2.31. The van der Waals surface area contributed by atoms with Crippen LogP contribution in [-0.2, 0) is 17.9 Å². The summed E-state index contributed by atoms with van der Waals surface area (Å²) in [6.45, 7) is 7.84. The minimum absolute atomic E-state index is 0.486. The highest BCUT2D eigenvalue weighted by atomic mass is 19.4. The second kappa shape index (κ2) is 11.9. The summed E-state index contributed by atoms with van der Waals surface area (Å²) < 4.78 is 37.8. The number of nitrogens with one attached hydrogen (secondary N) is 1. The smallest absolute Gasteiger partial charge is 0.487 e. The van der Waals surface area contributed by atoms with Gasteiger partial charge in [0.05, 0.1) is 23.3 Å². The Morgan fingerprint density at radius 3 is 2.36 bits per heavy atom. The van der Waals surface area contributed by atoms with Crippen molar-refractivity contribution in [3.8, 4) is 5.75 Å². The summed E-state index contributed by atoms with van der Waals surface area (Å²) in [6, 6.07) is 10.4. The van der Waals surface area contributed by atoms with Gasteiger partial charge in [0, 0.05) is 18.7 Å². The predicted octanol–water partition coefficient (Wildman–Crippen LogP) is 4.60. The lowest BCUT2D eigenvalue weighted by Gasteiger charge is -2.32. The van der Waals surface area contributed by atoms with E-state index in [1.54, 1.807) is 12.4 Å². The third-order valence-corrected chi connectivity index (χ3v) is 5.95. The molecule has 1 aromatic carbocycles. The van der Waals surface area contributed by atoms with Crippen molar-refractivity contribution in [2.24, 2.45) is 0 Å². The largest absolute Gasteiger partial charge is 0.490 e. The molecule has 8 nitrogen and oxygen atoms in total. The van der Waals surface area contributed by atoms with Crippen molar-refractivity contribution in [2.75, 3.05) is 18.8 Å². The number of likely N-dealkylation sites (tertiary alicyclic amines) is 1. The van der Waals surface area contributed by atoms with E-state index >= 15 is 0 Å². The number of alkyl halides is 3. The van der Waals surface area contributed by atoms with Gasteiger partial charge in [0.2, 0.25) is 0 Å². The van der Waals surface area contributed by atoms with Crippen LogP contribution in [0, 0.1) is 13.8 Å². The SMILES string of the molecule is Cc1cc(CN2CCC(c3[nH]ncc3N)CC2)cc(C)c1OCc1ccccn1.O=C(O)C(F)(F)F. The molecule has 3 aromatic rings. The Morgan fingerprint density at radius 1 is 1.22 bits per heavy atom. The van der Waals surface area contributed by atoms with Gasteiger partial charge in [0.15, 0.2) is 0 Å². The van der Waals surface area contributed by atoms with Gasteiger partial charge in [-0.15, -0.1) is 0 Å². The molecule has 1 fully saturated rings. The second-order valence-electron chi connectivity index (χ2n) is 8.76. The molecule has 36 heavy (non-hydrogen) atoms. The molecule has 0 radical (unpaired) electrons. The van der Waals surface area contributed by atoms with Gasteiger partial charge in [-0.1, -0.05) is 18.2 Å². The third kappa shape index (κ3) is 7.45. The first-order valence-electron chi connectivity index (χ1n) is 11.5. The van der Waals surface area contributed by atoms with Crippen molar-refractivity contribution in [1.29, 1.82) is 0 Å². The van der Waals surface area contributed by atoms with Gasteiger partial charge in [-0.25, -0.2) is 4.79 Å². The minimum atomic E-state index is -5.08. The molecule has 0 amide bonds. The summed E-state index contributed by atoms with van der Waals surface area (Å²) in [5, 5.41) is 14.3. The van der Waals surface area contributed by atoms with Crippen molar-refractivity contribution in [3.63, 3.8) is 0 Å². The number of anilines is 1. The number of nitrogen functional groups attached to an aromatic ring is 1. The lowest BCUT2D eigenvalue weighted by atomic mass is 9.92. The zero-order valence-corrected chi connectivity index (χ0v) is 20.2. The molecular weight excluding hydrogens is 475 g/mol. The van der Waals surface area contributed by atoms with E-state index in [1.807, 2.05) is 18.2 Å². The number of pyridine rings is 1. The number of carbonyl (C=O) groups is 1. The van der Waals surface area contributed by atoms with Gasteiger partial charge in [0.25, 0.3) is 0 Å². The van der Waals surface area contributed by atoms with E-state index in [0.717, 1.165) is 55.3 Å². The summed E-state index contributed by atoms with van der Waals surface area (Å²) in [5.74, 6) is -1.31. The van der Waals surface area contributed by atoms with E-state index in [2.05, 4.69) is 46.1 Å². The van der Waals surface area contributed by atoms with Crippen LogP contribution in [0.5, 0.6) is 5.75 Å². The van der Waals surface area contributed by atoms with E-state index < -0.39 is 12.1 Å². The summed E-state index contributed by atoms with van der Waals surface area (Å²) in [4.78, 5) is 15.7. The number of H-pyrrole nitrogens is 1. The van der Waals surface area contributed by atoms with E-state index in [9.17, 15) is 13.2 Å². The van der Waals surface area contributed by atoms with Crippen molar-refractivity contribution in [1.82, 2.24) is 20.1 Å². The highest BCUT2D eigenvalue weighted by Gasteiger charge is 2.38. The average molecular weight is 506 g/mol. The number of nitrogens with zero attached hydrogens (tertiary/aromatic N) is 3. The molecule has 194 valence electrons. The summed E-state index contributed by atoms with van der Waals surface area (Å²) in [5.41, 5.74) is 12.5. The molecule has 0 aliphatic carbocycles. The fourth-order valence-corrected chi connectivity index (χ4v) is 4.26. The number of hydrogen-bond acceptors (Lipinski definition) is 6. The number of nitrogens with two attached hydrogens (primary N) is 1. The van der Waals surface area contributed by atoms with E-state index in [-0.39, 0.29) is 0 Å². The number of aryl methyl sites for hydroxylation is 2. The number of piperidine rings is 1. The lowest BCUT2D eigenvalue weighted by Crippen LogP contribution is -2.32. The zero-order valence-electron chi connectivity index (χ0n) is 20.2. The number of aromatic amines is 1. The number of carboxylic acid groups (broad SMARTS) is 1. The Kier molecular flexibility index (Phi) is 8.92. The number of rotatable bonds is 6. The van der Waals surface area contributed by atoms with E-state index in [0.29, 0.717) is 12.5 Å². The minimum Gasteiger partial charge on any atom is -0.487 e. The average Bonchev–Trinajstić information content (AvgIpc) is 3.25. The van der Waals surface area contributed by atoms with Crippen molar-refractivity contribution in [2.45, 2.75) is 51.9 Å². The van der Waals surface area contributed by atoms with Gasteiger partial charge >= 0.3 is 12.1 Å². The summed E-state index contributed by atoms with van der Waals surface area (Å²) >= 11 is 0. The number of aromatic nitrogens is 3. The lowest BCUT2D eigenvalue weighted by molar-refractivity contribution is -0.192. The van der Waals surface area contributed by atoms with Crippen LogP contribution < -0.4 is 10.5 Å². The number of hydrogen-bond donors (Lipinski definition) is 3. The number of aliphatic carboxylic acids is 1. The Labute approximate surface area is 207 Å². The van der Waals surface area contributed by atoms with Crippen LogP contribution >= 0.6 is 0 Å². The Balaban J connectivity index is 0.000000454. The molecule has 4 rings (SSSR count). The molecule has 2 aromatic heterocycles. The highest BCUT2D eigenvalue weighted by molar-refractivity contribution is 5.73. The van der Waals surface area contributed by atoms with Gasteiger partial charge in [-0.3, -0.25) is 15.0 Å². The molecule has 0 spiro atoms.